The van der Waals surface area contributed by atoms with E-state index in [1.54, 1.807) is 6.92 Å². The van der Waals surface area contributed by atoms with E-state index in [0.717, 1.165) is 0 Å². The average molecular weight is 296 g/mol. The Balaban J connectivity index is 2.28. The van der Waals surface area contributed by atoms with Crippen LogP contribution in [0.5, 0.6) is 0 Å². The van der Waals surface area contributed by atoms with E-state index in [0.29, 0.717) is 25.9 Å². The molecule has 1 fully saturated rings. The van der Waals surface area contributed by atoms with Crippen molar-refractivity contribution in [1.29, 1.82) is 0 Å². The van der Waals surface area contributed by atoms with Gasteiger partial charge in [0.2, 0.25) is 0 Å². The third kappa shape index (κ3) is 4.90. The molecule has 0 aliphatic carbocycles. The van der Waals surface area contributed by atoms with E-state index in [1.165, 1.54) is 4.90 Å². The summed E-state index contributed by atoms with van der Waals surface area (Å²) in [6.45, 7) is 2.20. The summed E-state index contributed by atoms with van der Waals surface area (Å²) in [5.41, 5.74) is -0.826. The fourth-order valence-corrected chi connectivity index (χ4v) is 2.01. The molecule has 5 nitrogen and oxygen atoms in total. The number of aliphatic carboxylic acids is 1. The molecule has 0 aromatic carbocycles. The first-order chi connectivity index (χ1) is 9.14. The number of hydrogen-bond acceptors (Lipinski definition) is 2. The van der Waals surface area contributed by atoms with Gasteiger partial charge < -0.3 is 15.3 Å². The highest BCUT2D eigenvalue weighted by molar-refractivity contribution is 5.76. The number of urea groups is 1. The second-order valence-corrected chi connectivity index (χ2v) is 5.30. The van der Waals surface area contributed by atoms with Crippen LogP contribution in [0.3, 0.4) is 0 Å². The van der Waals surface area contributed by atoms with Crippen molar-refractivity contribution in [2.45, 2.75) is 38.8 Å². The highest BCUT2D eigenvalue weighted by Gasteiger charge is 2.38. The third-order valence-electron chi connectivity index (χ3n) is 3.58. The van der Waals surface area contributed by atoms with E-state index in [2.05, 4.69) is 5.32 Å². The van der Waals surface area contributed by atoms with Crippen molar-refractivity contribution >= 4 is 12.0 Å². The summed E-state index contributed by atoms with van der Waals surface area (Å²) in [6, 6.07) is -0.431. The van der Waals surface area contributed by atoms with Gasteiger partial charge in [-0.05, 0) is 26.2 Å². The number of carbonyl (C=O) groups is 2. The van der Waals surface area contributed by atoms with Crippen LogP contribution in [0, 0.1) is 5.41 Å². The Morgan fingerprint density at radius 1 is 1.30 bits per heavy atom. The lowest BCUT2D eigenvalue weighted by atomic mass is 9.80. The number of likely N-dealkylation sites (tertiary alicyclic amines) is 1. The van der Waals surface area contributed by atoms with Gasteiger partial charge in [0.25, 0.3) is 0 Å². The number of halogens is 3. The number of amides is 2. The zero-order valence-electron chi connectivity index (χ0n) is 11.3. The molecule has 1 saturated heterocycles. The first-order valence-electron chi connectivity index (χ1n) is 6.47. The zero-order chi connectivity index (χ0) is 15.4. The maximum atomic E-state index is 11.9. The van der Waals surface area contributed by atoms with E-state index in [-0.39, 0.29) is 13.0 Å². The number of alkyl halides is 3. The lowest BCUT2D eigenvalue weighted by Gasteiger charge is -2.36. The maximum Gasteiger partial charge on any atom is 0.389 e. The first kappa shape index (κ1) is 16.6. The number of piperidine rings is 1. The molecule has 8 heteroatoms. The smallest absolute Gasteiger partial charge is 0.389 e. The van der Waals surface area contributed by atoms with E-state index in [4.69, 9.17) is 5.11 Å². The number of nitrogens with one attached hydrogen (secondary N) is 1. The van der Waals surface area contributed by atoms with Crippen molar-refractivity contribution in [3.8, 4) is 0 Å². The van der Waals surface area contributed by atoms with Gasteiger partial charge in [-0.15, -0.1) is 0 Å². The second-order valence-electron chi connectivity index (χ2n) is 5.30. The molecule has 0 aromatic rings. The molecular formula is C12H19F3N2O3. The minimum Gasteiger partial charge on any atom is -0.481 e. The Kier molecular flexibility index (Phi) is 5.24. The van der Waals surface area contributed by atoms with E-state index >= 15 is 0 Å². The molecule has 0 unspecified atom stereocenters. The molecule has 1 aliphatic rings. The van der Waals surface area contributed by atoms with Crippen LogP contribution in [0.25, 0.3) is 0 Å². The number of carboxylic acid groups (broad SMARTS) is 1. The molecule has 2 N–H and O–H groups in total. The number of carboxylic acids is 1. The molecule has 0 saturated carbocycles. The van der Waals surface area contributed by atoms with Crippen LogP contribution in [-0.2, 0) is 4.79 Å². The molecule has 1 rings (SSSR count). The Bertz CT molecular complexity index is 363. The fourth-order valence-electron chi connectivity index (χ4n) is 2.01. The van der Waals surface area contributed by atoms with Crippen molar-refractivity contribution in [2.24, 2.45) is 5.41 Å². The molecule has 1 heterocycles. The van der Waals surface area contributed by atoms with Crippen LogP contribution in [-0.4, -0.2) is 47.8 Å². The zero-order valence-corrected chi connectivity index (χ0v) is 11.3. The predicted octanol–water partition coefficient (Wildman–Crippen LogP) is 2.23. The van der Waals surface area contributed by atoms with Crippen molar-refractivity contribution in [1.82, 2.24) is 10.2 Å². The Morgan fingerprint density at radius 3 is 2.30 bits per heavy atom. The molecule has 1 aliphatic heterocycles. The van der Waals surface area contributed by atoms with Crippen LogP contribution in [0.1, 0.15) is 32.6 Å². The van der Waals surface area contributed by atoms with E-state index in [9.17, 15) is 22.8 Å². The monoisotopic (exact) mass is 296 g/mol. The summed E-state index contributed by atoms with van der Waals surface area (Å²) in [5.74, 6) is -0.886. The lowest BCUT2D eigenvalue weighted by molar-refractivity contribution is -0.150. The van der Waals surface area contributed by atoms with Gasteiger partial charge in [0, 0.05) is 26.1 Å². The molecule has 0 aromatic heterocycles. The fraction of sp³-hybridized carbons (Fsp3) is 0.833. The summed E-state index contributed by atoms with van der Waals surface area (Å²) in [6.07, 6.45) is -4.60. The quantitative estimate of drug-likeness (QED) is 0.782. The largest absolute Gasteiger partial charge is 0.481 e. The highest BCUT2D eigenvalue weighted by Crippen LogP contribution is 2.30. The van der Waals surface area contributed by atoms with Crippen LogP contribution >= 0.6 is 0 Å². The van der Waals surface area contributed by atoms with Gasteiger partial charge in [0.05, 0.1) is 5.41 Å². The standard InChI is InChI=1S/C12H19F3N2O3/c1-11(9(18)19)4-7-17(8-5-11)10(20)16-6-2-3-12(13,14)15/h2-8H2,1H3,(H,16,20)(H,18,19). The van der Waals surface area contributed by atoms with Crippen molar-refractivity contribution in [3.63, 3.8) is 0 Å². The molecule has 0 atom stereocenters. The molecule has 2 amide bonds. The maximum absolute atomic E-state index is 11.9. The molecule has 0 radical (unpaired) electrons. The van der Waals surface area contributed by atoms with Gasteiger partial charge in [-0.2, -0.15) is 13.2 Å². The summed E-state index contributed by atoms with van der Waals surface area (Å²) in [7, 11) is 0. The van der Waals surface area contributed by atoms with E-state index < -0.39 is 30.0 Å². The van der Waals surface area contributed by atoms with Gasteiger partial charge in [-0.25, -0.2) is 4.79 Å². The summed E-state index contributed by atoms with van der Waals surface area (Å²) in [5, 5.41) is 11.5. The van der Waals surface area contributed by atoms with Crippen LogP contribution in [0.4, 0.5) is 18.0 Å². The number of carbonyl (C=O) groups excluding carboxylic acids is 1. The van der Waals surface area contributed by atoms with Crippen molar-refractivity contribution in [2.75, 3.05) is 19.6 Å². The normalized spacial score (nSPS) is 18.7. The third-order valence-corrected chi connectivity index (χ3v) is 3.58. The Labute approximate surface area is 115 Å². The second kappa shape index (κ2) is 6.32. The Morgan fingerprint density at radius 2 is 1.85 bits per heavy atom. The van der Waals surface area contributed by atoms with E-state index in [1.807, 2.05) is 0 Å². The molecular weight excluding hydrogens is 277 g/mol. The minimum absolute atomic E-state index is 0.0367. The number of nitrogens with zero attached hydrogens (tertiary/aromatic N) is 1. The molecule has 0 spiro atoms. The topological polar surface area (TPSA) is 69.6 Å². The van der Waals surface area contributed by atoms with Gasteiger partial charge in [0.15, 0.2) is 0 Å². The number of rotatable bonds is 4. The van der Waals surface area contributed by atoms with Gasteiger partial charge in [-0.1, -0.05) is 0 Å². The summed E-state index contributed by atoms with van der Waals surface area (Å²) in [4.78, 5) is 24.2. The summed E-state index contributed by atoms with van der Waals surface area (Å²) >= 11 is 0. The van der Waals surface area contributed by atoms with Crippen LogP contribution < -0.4 is 5.32 Å². The van der Waals surface area contributed by atoms with Gasteiger partial charge in [-0.3, -0.25) is 4.79 Å². The molecule has 20 heavy (non-hydrogen) atoms. The minimum atomic E-state index is -4.21. The van der Waals surface area contributed by atoms with Crippen molar-refractivity contribution < 1.29 is 27.9 Å². The lowest BCUT2D eigenvalue weighted by Crippen LogP contribution is -2.48. The van der Waals surface area contributed by atoms with Crippen LogP contribution in [0.2, 0.25) is 0 Å². The highest BCUT2D eigenvalue weighted by atomic mass is 19.4. The average Bonchev–Trinajstić information content (AvgIpc) is 2.34. The molecule has 0 bridgehead atoms. The van der Waals surface area contributed by atoms with Crippen molar-refractivity contribution in [3.05, 3.63) is 0 Å². The van der Waals surface area contributed by atoms with Crippen LogP contribution in [0.15, 0.2) is 0 Å². The predicted molar refractivity (Wildman–Crippen MR) is 65.2 cm³/mol. The van der Waals surface area contributed by atoms with Gasteiger partial charge in [0.1, 0.15) is 0 Å². The summed E-state index contributed by atoms with van der Waals surface area (Å²) < 4.78 is 35.8. The Hall–Kier alpha value is -1.47. The number of hydrogen-bond donors (Lipinski definition) is 2. The molecule has 116 valence electrons. The van der Waals surface area contributed by atoms with Gasteiger partial charge >= 0.3 is 18.2 Å². The SMILES string of the molecule is CC1(C(=O)O)CCN(C(=O)NCCCC(F)(F)F)CC1. The first-order valence-corrected chi connectivity index (χ1v) is 6.47.